The molecule has 0 aliphatic carbocycles. The number of hydrogen-bond donors (Lipinski definition) is 1. The van der Waals surface area contributed by atoms with Gasteiger partial charge in [-0.3, -0.25) is 0 Å². The third-order valence-corrected chi connectivity index (χ3v) is 3.53. The molecule has 0 amide bonds. The van der Waals surface area contributed by atoms with Crippen molar-refractivity contribution in [3.05, 3.63) is 48.5 Å². The fourth-order valence-electron chi connectivity index (χ4n) is 2.52. The van der Waals surface area contributed by atoms with Gasteiger partial charge in [-0.2, -0.15) is 0 Å². The summed E-state index contributed by atoms with van der Waals surface area (Å²) >= 11 is 0. The first-order valence-corrected chi connectivity index (χ1v) is 7.11. The van der Waals surface area contributed by atoms with Gasteiger partial charge in [-0.05, 0) is 30.7 Å². The zero-order valence-corrected chi connectivity index (χ0v) is 11.7. The Kier molecular flexibility index (Phi) is 3.42. The number of hydrogen-bond acceptors (Lipinski definition) is 2. The van der Waals surface area contributed by atoms with Gasteiger partial charge in [-0.15, -0.1) is 0 Å². The molecule has 2 N–H and O–H groups in total. The van der Waals surface area contributed by atoms with E-state index in [-0.39, 0.29) is 0 Å². The van der Waals surface area contributed by atoms with E-state index in [1.807, 2.05) is 24.3 Å². The third kappa shape index (κ3) is 2.27. The molecule has 0 saturated heterocycles. The van der Waals surface area contributed by atoms with E-state index in [1.54, 1.807) is 0 Å². The lowest BCUT2D eigenvalue weighted by Gasteiger charge is -2.09. The van der Waals surface area contributed by atoms with Gasteiger partial charge in [-0.25, -0.2) is 4.98 Å². The first-order valence-electron chi connectivity index (χ1n) is 7.11. The summed E-state index contributed by atoms with van der Waals surface area (Å²) in [6, 6.07) is 16.2. The second-order valence-electron chi connectivity index (χ2n) is 5.05. The van der Waals surface area contributed by atoms with E-state index in [2.05, 4.69) is 35.8 Å². The number of nitrogens with zero attached hydrogens (tertiary/aromatic N) is 2. The molecular formula is C17H19N3. The molecule has 3 heteroatoms. The average molecular weight is 265 g/mol. The van der Waals surface area contributed by atoms with Gasteiger partial charge in [0.2, 0.25) is 0 Å². The molecular weight excluding hydrogens is 246 g/mol. The van der Waals surface area contributed by atoms with Gasteiger partial charge in [0.1, 0.15) is 5.82 Å². The summed E-state index contributed by atoms with van der Waals surface area (Å²) in [5.41, 5.74) is 9.99. The van der Waals surface area contributed by atoms with Crippen molar-refractivity contribution in [2.75, 3.05) is 5.73 Å². The Morgan fingerprint density at radius 3 is 2.75 bits per heavy atom. The summed E-state index contributed by atoms with van der Waals surface area (Å²) in [5.74, 6) is 1.01. The van der Waals surface area contributed by atoms with E-state index < -0.39 is 0 Å². The van der Waals surface area contributed by atoms with E-state index in [4.69, 9.17) is 10.7 Å². The molecule has 0 aliphatic rings. The molecule has 0 aliphatic heterocycles. The van der Waals surface area contributed by atoms with Gasteiger partial charge < -0.3 is 10.3 Å². The van der Waals surface area contributed by atoms with Crippen molar-refractivity contribution in [3.8, 4) is 11.4 Å². The van der Waals surface area contributed by atoms with Crippen LogP contribution in [0.3, 0.4) is 0 Å². The van der Waals surface area contributed by atoms with Crippen LogP contribution in [-0.4, -0.2) is 9.55 Å². The fourth-order valence-corrected chi connectivity index (χ4v) is 2.52. The van der Waals surface area contributed by atoms with Gasteiger partial charge >= 0.3 is 0 Å². The summed E-state index contributed by atoms with van der Waals surface area (Å²) < 4.78 is 2.30. The minimum absolute atomic E-state index is 0.775. The quantitative estimate of drug-likeness (QED) is 0.722. The molecule has 0 saturated carbocycles. The molecule has 0 fully saturated rings. The van der Waals surface area contributed by atoms with Crippen LogP contribution in [0.4, 0.5) is 5.69 Å². The number of aromatic nitrogens is 2. The Balaban J connectivity index is 2.18. The van der Waals surface area contributed by atoms with Crippen molar-refractivity contribution < 1.29 is 0 Å². The lowest BCUT2D eigenvalue weighted by Crippen LogP contribution is -2.00. The van der Waals surface area contributed by atoms with Gasteiger partial charge in [-0.1, -0.05) is 37.6 Å². The predicted molar refractivity (Wildman–Crippen MR) is 84.5 cm³/mol. The molecule has 2 aromatic carbocycles. The van der Waals surface area contributed by atoms with Crippen LogP contribution in [-0.2, 0) is 6.54 Å². The molecule has 0 atom stereocenters. The molecule has 0 bridgehead atoms. The molecule has 102 valence electrons. The number of fused-ring (bicyclic) bond motifs is 1. The lowest BCUT2D eigenvalue weighted by molar-refractivity contribution is 0.651. The number of nitrogen functional groups attached to an aromatic ring is 1. The van der Waals surface area contributed by atoms with Crippen LogP contribution < -0.4 is 5.73 Å². The Morgan fingerprint density at radius 2 is 1.95 bits per heavy atom. The molecule has 1 aromatic heterocycles. The number of unbranched alkanes of at least 4 members (excludes halogenated alkanes) is 1. The van der Waals surface area contributed by atoms with Crippen molar-refractivity contribution in [1.29, 1.82) is 0 Å². The first kappa shape index (κ1) is 12.7. The lowest BCUT2D eigenvalue weighted by atomic mass is 10.2. The summed E-state index contributed by atoms with van der Waals surface area (Å²) in [5, 5.41) is 0. The maximum absolute atomic E-state index is 5.90. The van der Waals surface area contributed by atoms with E-state index >= 15 is 0 Å². The molecule has 0 spiro atoms. The predicted octanol–water partition coefficient (Wildman–Crippen LogP) is 4.09. The number of benzene rings is 2. The molecule has 1 heterocycles. The van der Waals surface area contributed by atoms with Gasteiger partial charge in [0.15, 0.2) is 0 Å². The Hall–Kier alpha value is -2.29. The smallest absolute Gasteiger partial charge is 0.141 e. The highest BCUT2D eigenvalue weighted by Gasteiger charge is 2.11. The van der Waals surface area contributed by atoms with Crippen molar-refractivity contribution >= 4 is 16.7 Å². The SMILES string of the molecule is CCCCn1c(-c2cccc(N)c2)nc2ccccc21. The summed E-state index contributed by atoms with van der Waals surface area (Å²) in [4.78, 5) is 4.78. The number of para-hydroxylation sites is 2. The van der Waals surface area contributed by atoms with Crippen molar-refractivity contribution in [2.24, 2.45) is 0 Å². The molecule has 0 unspecified atom stereocenters. The first-order chi connectivity index (χ1) is 9.79. The molecule has 3 rings (SSSR count). The average Bonchev–Trinajstić information content (AvgIpc) is 2.84. The summed E-state index contributed by atoms with van der Waals surface area (Å²) in [7, 11) is 0. The van der Waals surface area contributed by atoms with Crippen LogP contribution in [0.2, 0.25) is 0 Å². The van der Waals surface area contributed by atoms with Crippen LogP contribution in [0.1, 0.15) is 19.8 Å². The van der Waals surface area contributed by atoms with Gasteiger partial charge in [0, 0.05) is 17.8 Å². The highest BCUT2D eigenvalue weighted by atomic mass is 15.1. The second kappa shape index (κ2) is 5.37. The third-order valence-electron chi connectivity index (χ3n) is 3.53. The van der Waals surface area contributed by atoms with E-state index in [9.17, 15) is 0 Å². The zero-order valence-electron chi connectivity index (χ0n) is 11.7. The highest BCUT2D eigenvalue weighted by molar-refractivity contribution is 5.81. The molecule has 3 aromatic rings. The molecule has 0 radical (unpaired) electrons. The van der Waals surface area contributed by atoms with Crippen LogP contribution in [0.25, 0.3) is 22.4 Å². The maximum atomic E-state index is 5.90. The van der Waals surface area contributed by atoms with Gasteiger partial charge in [0.25, 0.3) is 0 Å². The van der Waals surface area contributed by atoms with Crippen molar-refractivity contribution in [2.45, 2.75) is 26.3 Å². The Bertz CT molecular complexity index is 728. The van der Waals surface area contributed by atoms with E-state index in [0.717, 1.165) is 35.6 Å². The second-order valence-corrected chi connectivity index (χ2v) is 5.05. The normalized spacial score (nSPS) is 11.1. The number of nitrogens with two attached hydrogens (primary N) is 1. The molecule has 3 nitrogen and oxygen atoms in total. The van der Waals surface area contributed by atoms with E-state index in [0.29, 0.717) is 0 Å². The summed E-state index contributed by atoms with van der Waals surface area (Å²) in [6.07, 6.45) is 2.32. The number of aryl methyl sites for hydroxylation is 1. The maximum Gasteiger partial charge on any atom is 0.141 e. The van der Waals surface area contributed by atoms with E-state index in [1.165, 1.54) is 11.9 Å². The zero-order chi connectivity index (χ0) is 13.9. The standard InChI is InChI=1S/C17H19N3/c1-2-3-11-20-16-10-5-4-9-15(16)19-17(20)13-7-6-8-14(18)12-13/h4-10,12H,2-3,11,18H2,1H3. The minimum Gasteiger partial charge on any atom is -0.399 e. The minimum atomic E-state index is 0.775. The van der Waals surface area contributed by atoms with Crippen LogP contribution in [0.15, 0.2) is 48.5 Å². The largest absolute Gasteiger partial charge is 0.399 e. The van der Waals surface area contributed by atoms with Crippen LogP contribution >= 0.6 is 0 Å². The Labute approximate surface area is 119 Å². The fraction of sp³-hybridized carbons (Fsp3) is 0.235. The number of anilines is 1. The number of imidazole rings is 1. The van der Waals surface area contributed by atoms with Crippen LogP contribution in [0.5, 0.6) is 0 Å². The van der Waals surface area contributed by atoms with Crippen molar-refractivity contribution in [3.63, 3.8) is 0 Å². The van der Waals surface area contributed by atoms with Crippen molar-refractivity contribution in [1.82, 2.24) is 9.55 Å². The van der Waals surface area contributed by atoms with Gasteiger partial charge in [0.05, 0.1) is 11.0 Å². The molecule has 20 heavy (non-hydrogen) atoms. The highest BCUT2D eigenvalue weighted by Crippen LogP contribution is 2.26. The number of rotatable bonds is 4. The topological polar surface area (TPSA) is 43.8 Å². The van der Waals surface area contributed by atoms with Crippen LogP contribution in [0, 0.1) is 0 Å². The monoisotopic (exact) mass is 265 g/mol. The Morgan fingerprint density at radius 1 is 1.10 bits per heavy atom. The summed E-state index contributed by atoms with van der Waals surface area (Å²) in [6.45, 7) is 3.19.